The van der Waals surface area contributed by atoms with Crippen molar-refractivity contribution in [2.24, 2.45) is 5.92 Å². The maximum Gasteiger partial charge on any atom is 0.276 e. The highest BCUT2D eigenvalue weighted by molar-refractivity contribution is 7.89. The Hall–Kier alpha value is -0.520. The number of rotatable bonds is 6. The fraction of sp³-hybridized carbons (Fsp3) is 0.667. The van der Waals surface area contributed by atoms with E-state index < -0.39 is 10.0 Å². The first-order chi connectivity index (χ1) is 8.45. The number of hydrogen-bond donors (Lipinski definition) is 0. The van der Waals surface area contributed by atoms with Crippen molar-refractivity contribution in [3.8, 4) is 0 Å². The van der Waals surface area contributed by atoms with E-state index in [1.54, 1.807) is 6.07 Å². The monoisotopic (exact) mass is 291 g/mol. The Morgan fingerprint density at radius 1 is 1.44 bits per heavy atom. The molecule has 0 unspecified atom stereocenters. The van der Waals surface area contributed by atoms with Crippen LogP contribution in [0.4, 0.5) is 0 Å². The van der Waals surface area contributed by atoms with Crippen molar-refractivity contribution in [2.75, 3.05) is 6.54 Å². The number of sulfonamides is 1. The van der Waals surface area contributed by atoms with Gasteiger partial charge in [-0.2, -0.15) is 4.31 Å². The minimum absolute atomic E-state index is 0.00694. The molecule has 0 spiro atoms. The van der Waals surface area contributed by atoms with Gasteiger partial charge in [0.05, 0.1) is 5.88 Å². The average molecular weight is 292 g/mol. The molecule has 0 aromatic carbocycles. The van der Waals surface area contributed by atoms with E-state index >= 15 is 0 Å². The summed E-state index contributed by atoms with van der Waals surface area (Å²) in [4.78, 5) is 0. The van der Waals surface area contributed by atoms with Gasteiger partial charge in [0.1, 0.15) is 5.76 Å². The van der Waals surface area contributed by atoms with Crippen molar-refractivity contribution in [2.45, 2.75) is 43.7 Å². The third kappa shape index (κ3) is 2.90. The van der Waals surface area contributed by atoms with Crippen molar-refractivity contribution in [3.63, 3.8) is 0 Å². The molecule has 4 nitrogen and oxygen atoms in total. The van der Waals surface area contributed by atoms with E-state index in [0.717, 1.165) is 12.8 Å². The van der Waals surface area contributed by atoms with Gasteiger partial charge in [-0.1, -0.05) is 0 Å². The maximum atomic E-state index is 12.5. The van der Waals surface area contributed by atoms with Gasteiger partial charge in [0.2, 0.25) is 5.09 Å². The van der Waals surface area contributed by atoms with Gasteiger partial charge in [0.15, 0.2) is 0 Å². The standard InChI is InChI=1S/C12H18ClNO3S/c1-9(2)14(8-10-3-4-10)18(15,16)12-6-5-11(7-13)17-12/h5-6,9-10H,3-4,7-8H2,1-2H3. The zero-order valence-electron chi connectivity index (χ0n) is 10.6. The Labute approximate surface area is 113 Å². The second kappa shape index (κ2) is 5.23. The summed E-state index contributed by atoms with van der Waals surface area (Å²) in [6, 6.07) is 3.02. The normalized spacial score (nSPS) is 16.7. The highest BCUT2D eigenvalue weighted by Gasteiger charge is 2.34. The topological polar surface area (TPSA) is 50.5 Å². The third-order valence-electron chi connectivity index (χ3n) is 3.04. The molecule has 1 aliphatic carbocycles. The van der Waals surface area contributed by atoms with Gasteiger partial charge < -0.3 is 4.42 Å². The highest BCUT2D eigenvalue weighted by Crippen LogP contribution is 2.32. The molecule has 6 heteroatoms. The smallest absolute Gasteiger partial charge is 0.276 e. The lowest BCUT2D eigenvalue weighted by Gasteiger charge is -2.24. The van der Waals surface area contributed by atoms with Crippen LogP contribution in [-0.4, -0.2) is 25.3 Å². The molecule has 0 N–H and O–H groups in total. The van der Waals surface area contributed by atoms with Crippen LogP contribution < -0.4 is 0 Å². The highest BCUT2D eigenvalue weighted by atomic mass is 35.5. The Kier molecular flexibility index (Phi) is 4.04. The molecule has 18 heavy (non-hydrogen) atoms. The van der Waals surface area contributed by atoms with Crippen LogP contribution in [0.5, 0.6) is 0 Å². The molecule has 1 aromatic rings. The van der Waals surface area contributed by atoms with Crippen molar-refractivity contribution < 1.29 is 12.8 Å². The Morgan fingerprint density at radius 2 is 2.11 bits per heavy atom. The van der Waals surface area contributed by atoms with Crippen molar-refractivity contribution >= 4 is 21.6 Å². The molecular weight excluding hydrogens is 274 g/mol. The number of alkyl halides is 1. The third-order valence-corrected chi connectivity index (χ3v) is 5.22. The predicted octanol–water partition coefficient (Wildman–Crippen LogP) is 2.83. The first-order valence-electron chi connectivity index (χ1n) is 6.11. The van der Waals surface area contributed by atoms with E-state index in [9.17, 15) is 8.42 Å². The number of halogens is 1. The molecular formula is C12H18ClNO3S. The van der Waals surface area contributed by atoms with Crippen LogP contribution in [0.1, 0.15) is 32.4 Å². The fourth-order valence-electron chi connectivity index (χ4n) is 1.83. The summed E-state index contributed by atoms with van der Waals surface area (Å²) in [6.45, 7) is 4.34. The van der Waals surface area contributed by atoms with E-state index in [2.05, 4.69) is 0 Å². The van der Waals surface area contributed by atoms with Crippen LogP contribution in [-0.2, 0) is 15.9 Å². The second-order valence-corrected chi connectivity index (χ2v) is 7.06. The van der Waals surface area contributed by atoms with E-state index in [1.165, 1.54) is 10.4 Å². The molecule has 1 heterocycles. The second-order valence-electron chi connectivity index (χ2n) is 4.97. The molecule has 1 aliphatic rings. The van der Waals surface area contributed by atoms with Crippen LogP contribution in [0.2, 0.25) is 0 Å². The summed E-state index contributed by atoms with van der Waals surface area (Å²) in [5.74, 6) is 1.16. The molecule has 0 radical (unpaired) electrons. The lowest BCUT2D eigenvalue weighted by atomic mass is 10.3. The van der Waals surface area contributed by atoms with Gasteiger partial charge in [-0.05, 0) is 44.7 Å². The van der Waals surface area contributed by atoms with Crippen molar-refractivity contribution in [1.82, 2.24) is 4.31 Å². The van der Waals surface area contributed by atoms with Gasteiger partial charge in [-0.15, -0.1) is 11.6 Å². The van der Waals surface area contributed by atoms with Crippen LogP contribution in [0, 0.1) is 5.92 Å². The Morgan fingerprint density at radius 3 is 2.56 bits per heavy atom. The van der Waals surface area contributed by atoms with Gasteiger partial charge in [-0.25, -0.2) is 8.42 Å². The summed E-state index contributed by atoms with van der Waals surface area (Å²) < 4.78 is 31.7. The number of furan rings is 1. The molecule has 0 saturated heterocycles. The lowest BCUT2D eigenvalue weighted by Crippen LogP contribution is -2.38. The molecule has 102 valence electrons. The van der Waals surface area contributed by atoms with Crippen molar-refractivity contribution in [3.05, 3.63) is 17.9 Å². The van der Waals surface area contributed by atoms with Crippen molar-refractivity contribution in [1.29, 1.82) is 0 Å². The number of hydrogen-bond acceptors (Lipinski definition) is 3. The van der Waals surface area contributed by atoms with Crippen LogP contribution >= 0.6 is 11.6 Å². The molecule has 1 saturated carbocycles. The SMILES string of the molecule is CC(C)N(CC1CC1)S(=O)(=O)c1ccc(CCl)o1. The molecule has 1 fully saturated rings. The first kappa shape index (κ1) is 13.9. The zero-order valence-corrected chi connectivity index (χ0v) is 12.2. The molecule has 1 aromatic heterocycles. The summed E-state index contributed by atoms with van der Waals surface area (Å²) in [7, 11) is -3.54. The van der Waals surface area contributed by atoms with E-state index in [0.29, 0.717) is 18.2 Å². The van der Waals surface area contributed by atoms with Gasteiger partial charge in [0.25, 0.3) is 10.0 Å². The number of nitrogens with zero attached hydrogens (tertiary/aromatic N) is 1. The largest absolute Gasteiger partial charge is 0.447 e. The summed E-state index contributed by atoms with van der Waals surface area (Å²) in [5, 5.41) is -0.00694. The minimum Gasteiger partial charge on any atom is -0.447 e. The summed E-state index contributed by atoms with van der Waals surface area (Å²) in [6.07, 6.45) is 2.23. The quantitative estimate of drug-likeness (QED) is 0.757. The summed E-state index contributed by atoms with van der Waals surface area (Å²) in [5.41, 5.74) is 0. The van der Waals surface area contributed by atoms with E-state index in [4.69, 9.17) is 16.0 Å². The van der Waals surface area contributed by atoms with E-state index in [-0.39, 0.29) is 17.0 Å². The summed E-state index contributed by atoms with van der Waals surface area (Å²) >= 11 is 5.62. The molecule has 0 amide bonds. The van der Waals surface area contributed by atoms with Gasteiger partial charge >= 0.3 is 0 Å². The first-order valence-corrected chi connectivity index (χ1v) is 8.09. The van der Waals surface area contributed by atoms with Crippen LogP contribution in [0.3, 0.4) is 0 Å². The Balaban J connectivity index is 2.25. The minimum atomic E-state index is -3.54. The van der Waals surface area contributed by atoms with Crippen LogP contribution in [0.15, 0.2) is 21.6 Å². The fourth-order valence-corrected chi connectivity index (χ4v) is 3.61. The molecule has 0 bridgehead atoms. The average Bonchev–Trinajstić information content (AvgIpc) is 2.99. The Bertz CT molecular complexity index is 505. The predicted molar refractivity (Wildman–Crippen MR) is 70.0 cm³/mol. The molecule has 2 rings (SSSR count). The molecule has 0 atom stereocenters. The maximum absolute atomic E-state index is 12.5. The molecule has 0 aliphatic heterocycles. The lowest BCUT2D eigenvalue weighted by molar-refractivity contribution is 0.323. The zero-order chi connectivity index (χ0) is 13.3. The van der Waals surface area contributed by atoms with E-state index in [1.807, 2.05) is 13.8 Å². The van der Waals surface area contributed by atoms with Gasteiger partial charge in [-0.3, -0.25) is 0 Å². The van der Waals surface area contributed by atoms with Gasteiger partial charge in [0, 0.05) is 12.6 Å². The van der Waals surface area contributed by atoms with Crippen LogP contribution in [0.25, 0.3) is 0 Å².